The molecule has 0 fully saturated rings. The van der Waals surface area contributed by atoms with E-state index >= 15 is 0 Å². The molecule has 0 aromatic heterocycles. The number of carbonyl (C=O) groups is 2. The number of ether oxygens (including phenoxy) is 1. The van der Waals surface area contributed by atoms with Crippen LogP contribution >= 0.6 is 0 Å². The number of hydrogen-bond acceptors (Lipinski definition) is 4. The van der Waals surface area contributed by atoms with Crippen LogP contribution in [0.5, 0.6) is 0 Å². The summed E-state index contributed by atoms with van der Waals surface area (Å²) in [5.41, 5.74) is 0.232. The highest BCUT2D eigenvalue weighted by Crippen LogP contribution is 2.15. The first-order valence-corrected chi connectivity index (χ1v) is 6.75. The van der Waals surface area contributed by atoms with Crippen molar-refractivity contribution in [3.63, 3.8) is 0 Å². The highest BCUT2D eigenvalue weighted by atomic mass is 16.5. The number of carbonyl (C=O) groups excluding carboxylic acids is 2. The maximum absolute atomic E-state index is 11.9. The first-order valence-electron chi connectivity index (χ1n) is 6.75. The maximum Gasteiger partial charge on any atom is 0.338 e. The van der Waals surface area contributed by atoms with Crippen LogP contribution in [0.3, 0.4) is 0 Å². The number of esters is 1. The Kier molecular flexibility index (Phi) is 5.48. The van der Waals surface area contributed by atoms with Gasteiger partial charge in [0.15, 0.2) is 6.61 Å². The van der Waals surface area contributed by atoms with E-state index in [0.717, 1.165) is 5.56 Å². The quantitative estimate of drug-likeness (QED) is 0.842. The number of benzene rings is 1. The van der Waals surface area contributed by atoms with E-state index in [4.69, 9.17) is 10.00 Å². The molecule has 0 saturated heterocycles. The first kappa shape index (κ1) is 16.7. The van der Waals surface area contributed by atoms with E-state index < -0.39 is 24.0 Å². The Morgan fingerprint density at radius 2 is 2.00 bits per heavy atom. The molecule has 1 unspecified atom stereocenters. The van der Waals surface area contributed by atoms with E-state index in [1.54, 1.807) is 32.0 Å². The number of hydrogen-bond donors (Lipinski definition) is 1. The van der Waals surface area contributed by atoms with Crippen LogP contribution in [-0.2, 0) is 9.53 Å². The Morgan fingerprint density at radius 1 is 1.38 bits per heavy atom. The minimum Gasteiger partial charge on any atom is -0.452 e. The van der Waals surface area contributed by atoms with Gasteiger partial charge in [-0.2, -0.15) is 5.26 Å². The molecule has 0 spiro atoms. The van der Waals surface area contributed by atoms with Gasteiger partial charge in [-0.3, -0.25) is 4.79 Å². The van der Waals surface area contributed by atoms with E-state index in [0.29, 0.717) is 5.56 Å². The number of nitrogens with zero attached hydrogens (tertiary/aromatic N) is 1. The summed E-state index contributed by atoms with van der Waals surface area (Å²) in [5, 5.41) is 11.7. The van der Waals surface area contributed by atoms with E-state index in [2.05, 4.69) is 11.4 Å². The summed E-state index contributed by atoms with van der Waals surface area (Å²) in [4.78, 5) is 23.7. The molecule has 0 saturated carbocycles. The Balaban J connectivity index is 2.60. The van der Waals surface area contributed by atoms with Gasteiger partial charge < -0.3 is 10.1 Å². The van der Waals surface area contributed by atoms with Crippen LogP contribution in [0.2, 0.25) is 0 Å². The van der Waals surface area contributed by atoms with Crippen molar-refractivity contribution >= 4 is 11.9 Å². The summed E-state index contributed by atoms with van der Waals surface area (Å²) < 4.78 is 4.98. The van der Waals surface area contributed by atoms with E-state index in [9.17, 15) is 9.59 Å². The van der Waals surface area contributed by atoms with Crippen molar-refractivity contribution in [2.75, 3.05) is 6.61 Å². The lowest BCUT2D eigenvalue weighted by atomic mass is 9.90. The van der Waals surface area contributed by atoms with Crippen molar-refractivity contribution in [3.8, 4) is 6.07 Å². The molecule has 0 heterocycles. The van der Waals surface area contributed by atoms with E-state index in [-0.39, 0.29) is 5.92 Å². The normalized spacial score (nSPS) is 13.1. The number of amides is 1. The van der Waals surface area contributed by atoms with E-state index in [1.165, 1.54) is 0 Å². The third-order valence-electron chi connectivity index (χ3n) is 3.49. The van der Waals surface area contributed by atoms with Crippen molar-refractivity contribution in [3.05, 3.63) is 35.4 Å². The molecule has 1 aromatic carbocycles. The maximum atomic E-state index is 11.9. The van der Waals surface area contributed by atoms with Crippen LogP contribution in [0.25, 0.3) is 0 Å². The molecule has 0 radical (unpaired) electrons. The summed E-state index contributed by atoms with van der Waals surface area (Å²) in [6.07, 6.45) is 0. The van der Waals surface area contributed by atoms with Gasteiger partial charge in [-0.1, -0.05) is 32.0 Å². The lowest BCUT2D eigenvalue weighted by Gasteiger charge is -2.27. The minimum absolute atomic E-state index is 0.0569. The molecule has 1 N–H and O–H groups in total. The Bertz CT molecular complexity index is 575. The van der Waals surface area contributed by atoms with Crippen molar-refractivity contribution in [1.82, 2.24) is 5.32 Å². The molecule has 1 aromatic rings. The summed E-state index contributed by atoms with van der Waals surface area (Å²) in [7, 11) is 0. The fourth-order valence-electron chi connectivity index (χ4n) is 1.64. The topological polar surface area (TPSA) is 79.2 Å². The molecule has 5 heteroatoms. The van der Waals surface area contributed by atoms with Crippen LogP contribution in [0.1, 0.15) is 36.7 Å². The average molecular weight is 288 g/mol. The first-order chi connectivity index (χ1) is 9.80. The number of nitriles is 1. The summed E-state index contributed by atoms with van der Waals surface area (Å²) in [6, 6.07) is 9.05. The van der Waals surface area contributed by atoms with Crippen LogP contribution in [-0.4, -0.2) is 24.0 Å². The molecule has 1 atom stereocenters. The second kappa shape index (κ2) is 6.89. The van der Waals surface area contributed by atoms with Crippen molar-refractivity contribution in [1.29, 1.82) is 5.26 Å². The second-order valence-electron chi connectivity index (χ2n) is 5.41. The Hall–Kier alpha value is -2.35. The average Bonchev–Trinajstić information content (AvgIpc) is 2.44. The fourth-order valence-corrected chi connectivity index (χ4v) is 1.64. The number of nitrogens with one attached hydrogen (secondary N) is 1. The van der Waals surface area contributed by atoms with Gasteiger partial charge in [0.25, 0.3) is 5.91 Å². The third-order valence-corrected chi connectivity index (χ3v) is 3.49. The monoisotopic (exact) mass is 288 g/mol. The third kappa shape index (κ3) is 4.32. The van der Waals surface area contributed by atoms with Gasteiger partial charge in [0.1, 0.15) is 5.54 Å². The molecular formula is C16H20N2O3. The van der Waals surface area contributed by atoms with Crippen LogP contribution < -0.4 is 5.32 Å². The highest BCUT2D eigenvalue weighted by Gasteiger charge is 2.30. The summed E-state index contributed by atoms with van der Waals surface area (Å²) in [5.74, 6) is -1.10. The number of rotatable bonds is 5. The van der Waals surface area contributed by atoms with Gasteiger partial charge in [-0.15, -0.1) is 0 Å². The smallest absolute Gasteiger partial charge is 0.338 e. The summed E-state index contributed by atoms with van der Waals surface area (Å²) >= 11 is 0. The van der Waals surface area contributed by atoms with Crippen LogP contribution in [0.15, 0.2) is 24.3 Å². The predicted molar refractivity (Wildman–Crippen MR) is 78.5 cm³/mol. The molecule has 1 rings (SSSR count). The molecule has 0 aliphatic heterocycles. The molecule has 5 nitrogen and oxygen atoms in total. The molecule has 0 aliphatic carbocycles. The molecule has 1 amide bonds. The largest absolute Gasteiger partial charge is 0.452 e. The SMILES string of the molecule is Cc1ccccc1C(=O)OCC(=O)NC(C)(C#N)C(C)C. The fraction of sp³-hybridized carbons (Fsp3) is 0.438. The lowest BCUT2D eigenvalue weighted by molar-refractivity contribution is -0.125. The van der Waals surface area contributed by atoms with Crippen molar-refractivity contribution < 1.29 is 14.3 Å². The van der Waals surface area contributed by atoms with E-state index in [1.807, 2.05) is 19.9 Å². The molecular weight excluding hydrogens is 268 g/mol. The Labute approximate surface area is 124 Å². The minimum atomic E-state index is -0.980. The van der Waals surface area contributed by atoms with Gasteiger partial charge in [0.2, 0.25) is 0 Å². The number of aryl methyl sites for hydroxylation is 1. The van der Waals surface area contributed by atoms with Crippen molar-refractivity contribution in [2.45, 2.75) is 33.2 Å². The highest BCUT2D eigenvalue weighted by molar-refractivity contribution is 5.92. The molecule has 21 heavy (non-hydrogen) atoms. The predicted octanol–water partition coefficient (Wildman–Crippen LogP) is 2.21. The lowest BCUT2D eigenvalue weighted by Crippen LogP contribution is -2.50. The Morgan fingerprint density at radius 3 is 2.52 bits per heavy atom. The van der Waals surface area contributed by atoms with Gasteiger partial charge >= 0.3 is 5.97 Å². The second-order valence-corrected chi connectivity index (χ2v) is 5.41. The zero-order valence-corrected chi connectivity index (χ0v) is 12.8. The van der Waals surface area contributed by atoms with Gasteiger partial charge in [0.05, 0.1) is 11.6 Å². The summed E-state index contributed by atoms with van der Waals surface area (Å²) in [6.45, 7) is 6.70. The van der Waals surface area contributed by atoms with Crippen molar-refractivity contribution in [2.24, 2.45) is 5.92 Å². The zero-order valence-electron chi connectivity index (χ0n) is 12.8. The van der Waals surface area contributed by atoms with Crippen LogP contribution in [0.4, 0.5) is 0 Å². The molecule has 0 bridgehead atoms. The van der Waals surface area contributed by atoms with Gasteiger partial charge in [-0.05, 0) is 31.4 Å². The standard InChI is InChI=1S/C16H20N2O3/c1-11(2)16(4,10-17)18-14(19)9-21-15(20)13-8-6-5-7-12(13)3/h5-8,11H,9H2,1-4H3,(H,18,19). The van der Waals surface area contributed by atoms with Gasteiger partial charge in [0, 0.05) is 0 Å². The van der Waals surface area contributed by atoms with Crippen LogP contribution in [0, 0.1) is 24.2 Å². The molecule has 112 valence electrons. The molecule has 0 aliphatic rings. The van der Waals surface area contributed by atoms with Gasteiger partial charge in [-0.25, -0.2) is 4.79 Å². The zero-order chi connectivity index (χ0) is 16.0.